The summed E-state index contributed by atoms with van der Waals surface area (Å²) in [6, 6.07) is 69.0. The Morgan fingerprint density at radius 1 is 0.290 bits per heavy atom. The molecule has 306 valence electrons. The number of rotatable bonds is 5. The van der Waals surface area contributed by atoms with Gasteiger partial charge < -0.3 is 4.90 Å². The van der Waals surface area contributed by atoms with Crippen molar-refractivity contribution in [3.05, 3.63) is 221 Å². The van der Waals surface area contributed by atoms with Crippen molar-refractivity contribution < 1.29 is 0 Å². The molecule has 2 aliphatic carbocycles. The van der Waals surface area contributed by atoms with Gasteiger partial charge in [-0.25, -0.2) is 0 Å². The van der Waals surface area contributed by atoms with Gasteiger partial charge in [0.2, 0.25) is 0 Å². The van der Waals surface area contributed by atoms with Crippen LogP contribution in [0.3, 0.4) is 0 Å². The number of anilines is 3. The second kappa shape index (κ2) is 14.3. The van der Waals surface area contributed by atoms with Gasteiger partial charge in [0.05, 0.1) is 5.41 Å². The largest absolute Gasteiger partial charge is 0.310 e. The molecule has 8 aromatic carbocycles. The predicted molar refractivity (Wildman–Crippen MR) is 264 cm³/mol. The Labute approximate surface area is 369 Å². The van der Waals surface area contributed by atoms with Gasteiger partial charge in [0.25, 0.3) is 0 Å². The molecule has 0 radical (unpaired) electrons. The number of nitrogens with zero attached hydrogens (tertiary/aromatic N) is 1. The van der Waals surface area contributed by atoms with E-state index in [1.54, 1.807) is 0 Å². The zero-order chi connectivity index (χ0) is 43.2. The van der Waals surface area contributed by atoms with E-state index in [4.69, 9.17) is 0 Å². The van der Waals surface area contributed by atoms with Gasteiger partial charge in [-0.05, 0) is 136 Å². The molecule has 0 heterocycles. The molecule has 1 spiro atoms. The van der Waals surface area contributed by atoms with Crippen LogP contribution in [0.2, 0.25) is 0 Å². The van der Waals surface area contributed by atoms with Crippen molar-refractivity contribution in [2.45, 2.75) is 84.0 Å². The Morgan fingerprint density at radius 3 is 0.984 bits per heavy atom. The van der Waals surface area contributed by atoms with E-state index in [1.165, 1.54) is 83.5 Å². The summed E-state index contributed by atoms with van der Waals surface area (Å²) < 4.78 is 0. The van der Waals surface area contributed by atoms with E-state index in [1.807, 2.05) is 0 Å². The van der Waals surface area contributed by atoms with Gasteiger partial charge in [-0.3, -0.25) is 0 Å². The second-order valence-electron chi connectivity index (χ2n) is 20.7. The first-order valence-electron chi connectivity index (χ1n) is 22.3. The highest BCUT2D eigenvalue weighted by Crippen LogP contribution is 2.64. The molecule has 0 unspecified atom stereocenters. The Kier molecular flexibility index (Phi) is 9.16. The summed E-state index contributed by atoms with van der Waals surface area (Å²) in [6.07, 6.45) is 0. The third-order valence-corrected chi connectivity index (χ3v) is 13.5. The molecule has 0 saturated carbocycles. The van der Waals surface area contributed by atoms with Crippen LogP contribution in [0.15, 0.2) is 182 Å². The maximum Gasteiger partial charge on any atom is 0.0726 e. The van der Waals surface area contributed by atoms with Crippen LogP contribution in [-0.2, 0) is 21.7 Å². The molecule has 10 rings (SSSR count). The Balaban J connectivity index is 1.29. The molecule has 0 atom stereocenters. The fraction of sp³-hybridized carbons (Fsp3) is 0.213. The molecule has 62 heavy (non-hydrogen) atoms. The van der Waals surface area contributed by atoms with E-state index in [2.05, 4.69) is 249 Å². The lowest BCUT2D eigenvalue weighted by atomic mass is 9.68. The predicted octanol–water partition coefficient (Wildman–Crippen LogP) is 16.7. The van der Waals surface area contributed by atoms with Crippen LogP contribution in [0, 0.1) is 0 Å². The van der Waals surface area contributed by atoms with Gasteiger partial charge in [-0.1, -0.05) is 208 Å². The highest BCUT2D eigenvalue weighted by atomic mass is 15.1. The molecule has 0 N–H and O–H groups in total. The van der Waals surface area contributed by atoms with E-state index in [9.17, 15) is 0 Å². The smallest absolute Gasteiger partial charge is 0.0726 e. The quantitative estimate of drug-likeness (QED) is 0.168. The second-order valence-corrected chi connectivity index (χ2v) is 20.7. The highest BCUT2D eigenvalue weighted by molar-refractivity contribution is 5.97. The van der Waals surface area contributed by atoms with E-state index < -0.39 is 5.41 Å². The molecule has 0 amide bonds. The highest BCUT2D eigenvalue weighted by Gasteiger charge is 2.53. The Morgan fingerprint density at radius 2 is 0.613 bits per heavy atom. The monoisotopic (exact) mass is 803 g/mol. The van der Waals surface area contributed by atoms with Crippen molar-refractivity contribution in [3.8, 4) is 44.5 Å². The van der Waals surface area contributed by atoms with Crippen molar-refractivity contribution in [1.82, 2.24) is 0 Å². The average molecular weight is 804 g/mol. The minimum absolute atomic E-state index is 0.0225. The summed E-state index contributed by atoms with van der Waals surface area (Å²) in [6.45, 7) is 21.1. The summed E-state index contributed by atoms with van der Waals surface area (Å²) >= 11 is 0. The molecule has 1 nitrogen and oxygen atoms in total. The molecule has 2 aliphatic rings. The molecular formula is C61H57N. The number of hydrogen-bond donors (Lipinski definition) is 0. The van der Waals surface area contributed by atoms with E-state index in [-0.39, 0.29) is 16.2 Å². The lowest BCUT2D eigenvalue weighted by Gasteiger charge is -2.34. The summed E-state index contributed by atoms with van der Waals surface area (Å²) in [5, 5.41) is 0. The fourth-order valence-corrected chi connectivity index (χ4v) is 10.1. The van der Waals surface area contributed by atoms with Crippen LogP contribution in [0.5, 0.6) is 0 Å². The van der Waals surface area contributed by atoms with Crippen molar-refractivity contribution in [3.63, 3.8) is 0 Å². The van der Waals surface area contributed by atoms with Crippen LogP contribution in [-0.4, -0.2) is 0 Å². The molecular weight excluding hydrogens is 747 g/mol. The third-order valence-electron chi connectivity index (χ3n) is 13.5. The zero-order valence-electron chi connectivity index (χ0n) is 37.8. The molecule has 0 aliphatic heterocycles. The lowest BCUT2D eigenvalue weighted by Crippen LogP contribution is -2.28. The van der Waals surface area contributed by atoms with Crippen LogP contribution in [0.25, 0.3) is 44.5 Å². The molecule has 8 aromatic rings. The number of benzene rings is 8. The molecule has 1 heteroatoms. The van der Waals surface area contributed by atoms with Gasteiger partial charge in [-0.15, -0.1) is 0 Å². The normalized spacial score (nSPS) is 13.7. The van der Waals surface area contributed by atoms with E-state index in [0.29, 0.717) is 0 Å². The van der Waals surface area contributed by atoms with Crippen molar-refractivity contribution in [2.75, 3.05) is 4.90 Å². The minimum atomic E-state index is -0.529. The van der Waals surface area contributed by atoms with Gasteiger partial charge in [0.1, 0.15) is 0 Å². The Bertz CT molecular complexity index is 2820. The molecule has 0 bridgehead atoms. The number of fused-ring (bicyclic) bond motifs is 10. The van der Waals surface area contributed by atoms with Crippen molar-refractivity contribution >= 4 is 17.1 Å². The van der Waals surface area contributed by atoms with Gasteiger partial charge in [0, 0.05) is 17.1 Å². The van der Waals surface area contributed by atoms with Crippen LogP contribution >= 0.6 is 0 Å². The summed E-state index contributed by atoms with van der Waals surface area (Å²) in [4.78, 5) is 2.48. The van der Waals surface area contributed by atoms with Crippen molar-refractivity contribution in [1.29, 1.82) is 0 Å². The topological polar surface area (TPSA) is 3.24 Å². The maximum absolute atomic E-state index is 2.56. The number of hydrogen-bond acceptors (Lipinski definition) is 1. The first kappa shape index (κ1) is 39.7. The van der Waals surface area contributed by atoms with Crippen molar-refractivity contribution in [2.24, 2.45) is 0 Å². The Hall–Kier alpha value is -6.44. The molecule has 0 saturated heterocycles. The zero-order valence-corrected chi connectivity index (χ0v) is 37.8. The standard InChI is InChI=1S/C61H57N/c1-58(2,3)44-26-30-50-51-31-27-45(59(4,5)6)37-55(51)61(54(50)36-44)56-38-46(60(7,8)9)28-32-52(56)53-33-29-49(39-57(53)61)62(47-24-16-22-42(34-47)40-18-12-10-13-19-40)48-25-17-23-43(35-48)41-20-14-11-15-21-41/h10-39H,1-9H3. The minimum Gasteiger partial charge on any atom is -0.310 e. The van der Waals surface area contributed by atoms with E-state index >= 15 is 0 Å². The first-order valence-corrected chi connectivity index (χ1v) is 22.3. The fourth-order valence-electron chi connectivity index (χ4n) is 10.1. The SMILES string of the molecule is CC(C)(C)c1ccc2c(c1)C1(c3cc(N(c4cccc(-c5ccccc5)c4)c4cccc(-c5ccccc5)c4)ccc3-2)c2cc(C(C)(C)C)ccc2-c2ccc(C(C)(C)C)cc21. The average Bonchev–Trinajstić information content (AvgIpc) is 3.72. The lowest BCUT2D eigenvalue weighted by molar-refractivity contribution is 0.584. The van der Waals surface area contributed by atoms with Gasteiger partial charge in [-0.2, -0.15) is 0 Å². The summed E-state index contributed by atoms with van der Waals surface area (Å²) in [7, 11) is 0. The summed E-state index contributed by atoms with van der Waals surface area (Å²) in [5.74, 6) is 0. The molecule has 0 fully saturated rings. The van der Waals surface area contributed by atoms with Gasteiger partial charge >= 0.3 is 0 Å². The molecule has 0 aromatic heterocycles. The summed E-state index contributed by atoms with van der Waals surface area (Å²) in [5.41, 5.74) is 22.4. The maximum atomic E-state index is 2.56. The van der Waals surface area contributed by atoms with Crippen LogP contribution in [0.4, 0.5) is 17.1 Å². The van der Waals surface area contributed by atoms with Gasteiger partial charge in [0.15, 0.2) is 0 Å². The third kappa shape index (κ3) is 6.44. The first-order chi connectivity index (χ1) is 29.6. The van der Waals surface area contributed by atoms with Crippen LogP contribution in [0.1, 0.15) is 101 Å². The van der Waals surface area contributed by atoms with E-state index in [0.717, 1.165) is 17.1 Å². The van der Waals surface area contributed by atoms with Crippen LogP contribution < -0.4 is 4.90 Å².